The number of Topliss-reactive ketones (excluding diaryl/α,β-unsaturated/α-hetero) is 2. The first-order chi connectivity index (χ1) is 26.4. The molecular formula is C42H57N3O11. The van der Waals surface area contributed by atoms with Crippen molar-refractivity contribution in [3.63, 3.8) is 0 Å². The van der Waals surface area contributed by atoms with E-state index in [4.69, 9.17) is 28.4 Å². The molecule has 2 aliphatic heterocycles. The number of nitrogens with zero attached hydrogens (tertiary/aromatic N) is 3. The highest BCUT2D eigenvalue weighted by Crippen LogP contribution is 2.38. The van der Waals surface area contributed by atoms with E-state index in [2.05, 4.69) is 11.6 Å². The second-order valence-electron chi connectivity index (χ2n) is 15.3. The Balaban J connectivity index is 1.80. The molecule has 11 atom stereocenters. The third-order valence-corrected chi connectivity index (χ3v) is 11.0. The summed E-state index contributed by atoms with van der Waals surface area (Å²) >= 11 is 0. The number of carbonyl (C=O) groups excluding carboxylic acids is 5. The lowest BCUT2D eigenvalue weighted by atomic mass is 9.76. The molecule has 14 nitrogen and oxygen atoms in total. The number of benzene rings is 1. The summed E-state index contributed by atoms with van der Waals surface area (Å²) < 4.78 is 38.5. The van der Waals surface area contributed by atoms with Crippen LogP contribution < -0.4 is 0 Å². The number of ether oxygens (including phenoxy) is 6. The van der Waals surface area contributed by atoms with Crippen molar-refractivity contribution < 1.29 is 52.4 Å². The minimum Gasteiger partial charge on any atom is -0.457 e. The number of hydrogen-bond acceptors (Lipinski definition) is 13. The number of methoxy groups -OCH3 is 1. The summed E-state index contributed by atoms with van der Waals surface area (Å²) in [5.74, 6) is -5.42. The number of hydrogen-bond donors (Lipinski definition) is 0. The van der Waals surface area contributed by atoms with Gasteiger partial charge in [0.05, 0.1) is 29.4 Å². The maximum Gasteiger partial charge on any atom is 0.420 e. The highest BCUT2D eigenvalue weighted by atomic mass is 16.7. The number of likely N-dealkylation sites (N-methyl/N-ethyl adjacent to an activating group) is 1. The highest BCUT2D eigenvalue weighted by molar-refractivity contribution is 6.00. The van der Waals surface area contributed by atoms with Crippen molar-refractivity contribution in [2.45, 2.75) is 116 Å². The van der Waals surface area contributed by atoms with Crippen LogP contribution in [0.5, 0.6) is 0 Å². The predicted octanol–water partition coefficient (Wildman–Crippen LogP) is 5.59. The van der Waals surface area contributed by atoms with Gasteiger partial charge in [-0.15, -0.1) is 0 Å². The largest absolute Gasteiger partial charge is 0.457 e. The Bertz CT molecular complexity index is 1740. The molecule has 1 aromatic heterocycles. The first-order valence-electron chi connectivity index (χ1n) is 19.0. The molecule has 56 heavy (non-hydrogen) atoms. The van der Waals surface area contributed by atoms with Gasteiger partial charge in [-0.3, -0.25) is 14.4 Å². The fourth-order valence-corrected chi connectivity index (χ4v) is 7.67. The van der Waals surface area contributed by atoms with Crippen LogP contribution in [0.25, 0.3) is 0 Å². The molecule has 14 heteroatoms. The number of imidazole rings is 1. The number of aromatic nitrogens is 2. The van der Waals surface area contributed by atoms with Gasteiger partial charge in [-0.05, 0) is 90.9 Å². The quantitative estimate of drug-likeness (QED) is 0.134. The van der Waals surface area contributed by atoms with E-state index in [0.29, 0.717) is 12.0 Å². The lowest BCUT2D eigenvalue weighted by Crippen LogP contribution is -2.60. The van der Waals surface area contributed by atoms with Crippen molar-refractivity contribution in [2.75, 3.05) is 21.2 Å². The number of carbonyl (C=O) groups is 5. The minimum absolute atomic E-state index is 0.0512. The molecule has 0 saturated carbocycles. The number of rotatable bonds is 9. The van der Waals surface area contributed by atoms with Gasteiger partial charge >= 0.3 is 18.0 Å². The molecule has 0 unspecified atom stereocenters. The van der Waals surface area contributed by atoms with Crippen molar-refractivity contribution in [3.8, 4) is 0 Å². The van der Waals surface area contributed by atoms with Crippen molar-refractivity contribution in [1.82, 2.24) is 14.5 Å². The second-order valence-corrected chi connectivity index (χ2v) is 15.3. The number of esters is 2. The van der Waals surface area contributed by atoms with Crippen LogP contribution in [0.4, 0.5) is 4.79 Å². The Kier molecular flexibility index (Phi) is 14.7. The van der Waals surface area contributed by atoms with Gasteiger partial charge < -0.3 is 33.3 Å². The van der Waals surface area contributed by atoms with Gasteiger partial charge in [0.1, 0.15) is 18.3 Å². The van der Waals surface area contributed by atoms with Gasteiger partial charge in [-0.25, -0.2) is 19.1 Å². The van der Waals surface area contributed by atoms with Gasteiger partial charge in [-0.1, -0.05) is 45.5 Å². The fraction of sp³-hybridized carbons (Fsp3) is 0.571. The zero-order chi connectivity index (χ0) is 41.5. The molecule has 0 N–H and O–H groups in total. The average molecular weight is 780 g/mol. The summed E-state index contributed by atoms with van der Waals surface area (Å²) in [4.78, 5) is 75.2. The van der Waals surface area contributed by atoms with Crippen LogP contribution in [-0.2, 0) is 42.8 Å². The summed E-state index contributed by atoms with van der Waals surface area (Å²) in [6.45, 7) is 15.6. The number of ketones is 2. The normalized spacial score (nSPS) is 34.4. The van der Waals surface area contributed by atoms with Crippen LogP contribution in [0.1, 0.15) is 78.1 Å². The molecule has 0 bridgehead atoms. The Morgan fingerprint density at radius 1 is 1.11 bits per heavy atom. The van der Waals surface area contributed by atoms with Gasteiger partial charge in [0.15, 0.2) is 29.6 Å². The molecule has 1 saturated heterocycles. The summed E-state index contributed by atoms with van der Waals surface area (Å²) in [6, 6.07) is 8.23. The average Bonchev–Trinajstić information content (AvgIpc) is 3.73. The first-order valence-corrected chi connectivity index (χ1v) is 19.0. The maximum absolute atomic E-state index is 14.5. The molecule has 2 aliphatic rings. The fourth-order valence-electron chi connectivity index (χ4n) is 7.67. The van der Waals surface area contributed by atoms with Gasteiger partial charge in [0, 0.05) is 31.3 Å². The van der Waals surface area contributed by atoms with Gasteiger partial charge in [0.25, 0.3) is 0 Å². The summed E-state index contributed by atoms with van der Waals surface area (Å²) in [5, 5.41) is 0. The molecule has 1 aromatic carbocycles. The van der Waals surface area contributed by atoms with Crippen LogP contribution in [0.2, 0.25) is 0 Å². The van der Waals surface area contributed by atoms with Crippen LogP contribution >= 0.6 is 0 Å². The molecular weight excluding hydrogens is 722 g/mol. The zero-order valence-electron chi connectivity index (χ0n) is 34.1. The van der Waals surface area contributed by atoms with E-state index >= 15 is 0 Å². The van der Waals surface area contributed by atoms with Crippen LogP contribution in [0, 0.1) is 17.8 Å². The van der Waals surface area contributed by atoms with Gasteiger partial charge in [-0.2, -0.15) is 0 Å². The Labute approximate surface area is 329 Å². The van der Waals surface area contributed by atoms with Gasteiger partial charge in [0.2, 0.25) is 0 Å². The van der Waals surface area contributed by atoms with Crippen LogP contribution in [0.15, 0.2) is 73.4 Å². The Morgan fingerprint density at radius 2 is 1.79 bits per heavy atom. The van der Waals surface area contributed by atoms with Crippen molar-refractivity contribution in [3.05, 3.63) is 78.9 Å². The Hall–Kier alpha value is -4.50. The highest BCUT2D eigenvalue weighted by Gasteiger charge is 2.51. The van der Waals surface area contributed by atoms with Crippen LogP contribution in [0.3, 0.4) is 0 Å². The number of allylic oxidation sites excluding steroid dienone is 1. The minimum atomic E-state index is -1.80. The van der Waals surface area contributed by atoms with E-state index in [1.807, 2.05) is 25.9 Å². The molecule has 1 fully saturated rings. The molecule has 4 rings (SSSR count). The lowest BCUT2D eigenvalue weighted by molar-refractivity contribution is -0.294. The van der Waals surface area contributed by atoms with Crippen LogP contribution in [-0.4, -0.2) is 113 Å². The smallest absolute Gasteiger partial charge is 0.420 e. The first kappa shape index (κ1) is 44.2. The molecule has 0 spiro atoms. The van der Waals surface area contributed by atoms with E-state index in [-0.39, 0.29) is 36.3 Å². The molecule has 2 aromatic rings. The third-order valence-electron chi connectivity index (χ3n) is 11.0. The predicted molar refractivity (Wildman–Crippen MR) is 205 cm³/mol. The summed E-state index contributed by atoms with van der Waals surface area (Å²) in [7, 11) is 5.20. The van der Waals surface area contributed by atoms with E-state index in [0.717, 1.165) is 4.57 Å². The summed E-state index contributed by atoms with van der Waals surface area (Å²) in [6.07, 6.45) is 1.86. The third kappa shape index (κ3) is 9.71. The molecule has 0 aliphatic carbocycles. The molecule has 306 valence electrons. The maximum atomic E-state index is 14.5. The molecule has 0 amide bonds. The van der Waals surface area contributed by atoms with E-state index in [9.17, 15) is 24.0 Å². The Morgan fingerprint density at radius 3 is 2.36 bits per heavy atom. The topological polar surface area (TPSA) is 162 Å². The SMILES string of the molecule is C=C[C@]1(OC(=O)n2ccnc2)/C=C(\C)C(=O)[C@H](C)C[C@](C)(OC)[C@H](O[C@@H]2O[C@H](C)C[C@H](N(C)C)[C@H]2OC(=O)c2ccccc2)[C@@H](C)C(=O)[C@@H](C)C(=O)O[C@@H]1CC. The van der Waals surface area contributed by atoms with Crippen molar-refractivity contribution in [1.29, 1.82) is 0 Å². The lowest BCUT2D eigenvalue weighted by Gasteiger charge is -2.47. The van der Waals surface area contributed by atoms with E-state index in [1.54, 1.807) is 65.0 Å². The van der Waals surface area contributed by atoms with E-state index in [1.165, 1.54) is 44.9 Å². The van der Waals surface area contributed by atoms with E-state index < -0.39 is 77.4 Å². The number of cyclic esters (lactones) is 1. The molecule has 3 heterocycles. The van der Waals surface area contributed by atoms with Crippen molar-refractivity contribution in [2.24, 2.45) is 17.8 Å². The molecule has 0 radical (unpaired) electrons. The standard InChI is InChI=1S/C42H57N3O11/c1-12-32-42(13-2,56-40(50)45-20-19-43-24-45)23-26(4)33(46)25(3)22-41(8,51-11)36(28(6)34(47)29(7)37(48)53-32)55-39-35(31(44(9)10)21-27(5)52-39)54-38(49)30-17-15-14-16-18-30/h13-20,23-25,27-29,31-32,35-36,39H,2,12,21-22H2,1,3-11H3/b26-23+/t25-,27-,28+,29-,31+,32-,35-,36-,39+,41+,42+/m1/s1. The monoisotopic (exact) mass is 779 g/mol. The second kappa shape index (κ2) is 18.6. The zero-order valence-corrected chi connectivity index (χ0v) is 34.1. The summed E-state index contributed by atoms with van der Waals surface area (Å²) in [5.41, 5.74) is -2.60. The van der Waals surface area contributed by atoms with Crippen molar-refractivity contribution >= 4 is 29.6 Å².